The fourth-order valence-electron chi connectivity index (χ4n) is 3.63. The number of carbonyl (C=O) groups excluding carboxylic acids is 2. The maximum absolute atomic E-state index is 13.5. The van der Waals surface area contributed by atoms with Crippen molar-refractivity contribution in [1.82, 2.24) is 0 Å². The van der Waals surface area contributed by atoms with Gasteiger partial charge >= 0.3 is 0 Å². The molecule has 0 spiro atoms. The summed E-state index contributed by atoms with van der Waals surface area (Å²) in [7, 11) is -4.05. The molecule has 182 valence electrons. The minimum atomic E-state index is -4.05. The molecule has 0 saturated carbocycles. The van der Waals surface area contributed by atoms with Crippen molar-refractivity contribution in [3.05, 3.63) is 125 Å². The van der Waals surface area contributed by atoms with Gasteiger partial charge in [-0.1, -0.05) is 77.8 Å². The third kappa shape index (κ3) is 5.64. The Morgan fingerprint density at radius 2 is 1.44 bits per heavy atom. The number of anilines is 2. The standard InChI is InChI=1S/C28H23ClN2O4S/c1-20-12-15-24(16-13-20)36(34,35)31(23-10-6-3-7-11-23)19-27(32)30-26-17-14-22(29)18-25(26)28(33)21-8-4-2-5-9-21/h2-18H,19H2,1H3,(H,30,32). The van der Waals surface area contributed by atoms with E-state index in [1.54, 1.807) is 78.9 Å². The van der Waals surface area contributed by atoms with E-state index in [9.17, 15) is 18.0 Å². The first-order chi connectivity index (χ1) is 17.3. The van der Waals surface area contributed by atoms with Gasteiger partial charge in [0.1, 0.15) is 6.54 Å². The topological polar surface area (TPSA) is 83.6 Å². The van der Waals surface area contributed by atoms with Crippen molar-refractivity contribution in [2.24, 2.45) is 0 Å². The number of benzene rings is 4. The summed E-state index contributed by atoms with van der Waals surface area (Å²) >= 11 is 6.14. The molecule has 0 aliphatic heterocycles. The molecule has 0 bridgehead atoms. The smallest absolute Gasteiger partial charge is 0.264 e. The number of rotatable bonds is 8. The second kappa shape index (κ2) is 10.8. The lowest BCUT2D eigenvalue weighted by Gasteiger charge is -2.24. The van der Waals surface area contributed by atoms with Crippen LogP contribution in [0.2, 0.25) is 5.02 Å². The maximum atomic E-state index is 13.5. The van der Waals surface area contributed by atoms with Crippen LogP contribution in [0.25, 0.3) is 0 Å². The second-order valence-corrected chi connectivity index (χ2v) is 10.4. The zero-order chi connectivity index (χ0) is 25.7. The van der Waals surface area contributed by atoms with Crippen LogP contribution >= 0.6 is 11.6 Å². The van der Waals surface area contributed by atoms with Gasteiger partial charge in [0.15, 0.2) is 5.78 Å². The molecule has 1 N–H and O–H groups in total. The number of hydrogen-bond donors (Lipinski definition) is 1. The van der Waals surface area contributed by atoms with Crippen molar-refractivity contribution < 1.29 is 18.0 Å². The molecule has 0 aliphatic rings. The number of aryl methyl sites for hydroxylation is 1. The van der Waals surface area contributed by atoms with Crippen LogP contribution < -0.4 is 9.62 Å². The predicted octanol–water partition coefficient (Wildman–Crippen LogP) is 5.71. The van der Waals surface area contributed by atoms with Gasteiger partial charge in [0.05, 0.1) is 16.3 Å². The van der Waals surface area contributed by atoms with Crippen LogP contribution in [-0.2, 0) is 14.8 Å². The number of nitrogens with zero attached hydrogens (tertiary/aromatic N) is 1. The Bertz CT molecular complexity index is 1490. The van der Waals surface area contributed by atoms with Gasteiger partial charge in [-0.15, -0.1) is 0 Å². The molecule has 0 unspecified atom stereocenters. The lowest BCUT2D eigenvalue weighted by molar-refractivity contribution is -0.114. The van der Waals surface area contributed by atoms with Gasteiger partial charge in [-0.05, 0) is 49.4 Å². The van der Waals surface area contributed by atoms with Gasteiger partial charge in [-0.25, -0.2) is 8.42 Å². The molecule has 0 aliphatic carbocycles. The van der Waals surface area contributed by atoms with E-state index < -0.39 is 22.5 Å². The predicted molar refractivity (Wildman–Crippen MR) is 142 cm³/mol. The number of ketones is 1. The first-order valence-corrected chi connectivity index (χ1v) is 12.9. The first kappa shape index (κ1) is 25.2. The fourth-order valence-corrected chi connectivity index (χ4v) is 5.22. The minimum Gasteiger partial charge on any atom is -0.324 e. The van der Waals surface area contributed by atoms with Crippen molar-refractivity contribution in [3.63, 3.8) is 0 Å². The minimum absolute atomic E-state index is 0.0659. The van der Waals surface area contributed by atoms with Gasteiger partial charge in [0.2, 0.25) is 5.91 Å². The molecular weight excluding hydrogens is 496 g/mol. The summed E-state index contributed by atoms with van der Waals surface area (Å²) < 4.78 is 28.1. The third-order valence-electron chi connectivity index (χ3n) is 5.48. The Labute approximate surface area is 215 Å². The molecule has 0 atom stereocenters. The number of sulfonamides is 1. The lowest BCUT2D eigenvalue weighted by atomic mass is 10.0. The summed E-state index contributed by atoms with van der Waals surface area (Å²) in [5.41, 5.74) is 2.12. The van der Waals surface area contributed by atoms with Crippen LogP contribution in [0.4, 0.5) is 11.4 Å². The van der Waals surface area contributed by atoms with E-state index in [0.29, 0.717) is 16.3 Å². The van der Waals surface area contributed by atoms with E-state index in [1.165, 1.54) is 24.3 Å². The van der Waals surface area contributed by atoms with Crippen LogP contribution in [0.3, 0.4) is 0 Å². The number of hydrogen-bond acceptors (Lipinski definition) is 4. The number of carbonyl (C=O) groups is 2. The average molecular weight is 519 g/mol. The van der Waals surface area contributed by atoms with Crippen molar-refractivity contribution in [1.29, 1.82) is 0 Å². The molecule has 1 amide bonds. The van der Waals surface area contributed by atoms with Crippen LogP contribution in [0, 0.1) is 6.92 Å². The molecule has 0 fully saturated rings. The number of nitrogens with one attached hydrogen (secondary N) is 1. The Hall–Kier alpha value is -3.94. The average Bonchev–Trinajstić information content (AvgIpc) is 2.89. The fraction of sp³-hybridized carbons (Fsp3) is 0.0714. The lowest BCUT2D eigenvalue weighted by Crippen LogP contribution is -2.38. The SMILES string of the molecule is Cc1ccc(S(=O)(=O)N(CC(=O)Nc2ccc(Cl)cc2C(=O)c2ccccc2)c2ccccc2)cc1. The molecular formula is C28H23ClN2O4S. The molecule has 0 heterocycles. The second-order valence-electron chi connectivity index (χ2n) is 8.09. The van der Waals surface area contributed by atoms with Crippen LogP contribution in [0.15, 0.2) is 108 Å². The van der Waals surface area contributed by atoms with Gasteiger partial charge < -0.3 is 5.32 Å². The Morgan fingerprint density at radius 1 is 0.833 bits per heavy atom. The van der Waals surface area contributed by atoms with E-state index in [2.05, 4.69) is 5.32 Å². The summed E-state index contributed by atoms with van der Waals surface area (Å²) in [6.45, 7) is 1.36. The normalized spacial score (nSPS) is 11.1. The van der Waals surface area contributed by atoms with E-state index in [-0.39, 0.29) is 21.9 Å². The number of amides is 1. The maximum Gasteiger partial charge on any atom is 0.264 e. The Morgan fingerprint density at radius 3 is 2.08 bits per heavy atom. The molecule has 36 heavy (non-hydrogen) atoms. The van der Waals surface area contributed by atoms with Crippen molar-refractivity contribution in [2.45, 2.75) is 11.8 Å². The van der Waals surface area contributed by atoms with E-state index in [0.717, 1.165) is 9.87 Å². The third-order valence-corrected chi connectivity index (χ3v) is 7.50. The Kier molecular flexibility index (Phi) is 7.52. The zero-order valence-electron chi connectivity index (χ0n) is 19.4. The molecule has 0 radical (unpaired) electrons. The van der Waals surface area contributed by atoms with Crippen molar-refractivity contribution in [2.75, 3.05) is 16.2 Å². The highest BCUT2D eigenvalue weighted by atomic mass is 35.5. The van der Waals surface area contributed by atoms with E-state index in [4.69, 9.17) is 11.6 Å². The first-order valence-electron chi connectivity index (χ1n) is 11.1. The summed E-state index contributed by atoms with van der Waals surface area (Å²) in [5.74, 6) is -0.931. The molecule has 0 aromatic heterocycles. The summed E-state index contributed by atoms with van der Waals surface area (Å²) in [4.78, 5) is 26.3. The number of para-hydroxylation sites is 1. The van der Waals surface area contributed by atoms with Gasteiger partial charge in [-0.3, -0.25) is 13.9 Å². The summed E-state index contributed by atoms with van der Waals surface area (Å²) in [6.07, 6.45) is 0. The van der Waals surface area contributed by atoms with Crippen LogP contribution in [0.1, 0.15) is 21.5 Å². The van der Waals surface area contributed by atoms with Gasteiger partial charge in [0, 0.05) is 16.1 Å². The van der Waals surface area contributed by atoms with E-state index in [1.807, 2.05) is 6.92 Å². The highest BCUT2D eigenvalue weighted by molar-refractivity contribution is 7.92. The van der Waals surface area contributed by atoms with Crippen molar-refractivity contribution in [3.8, 4) is 0 Å². The molecule has 8 heteroatoms. The van der Waals surface area contributed by atoms with Crippen LogP contribution in [-0.4, -0.2) is 26.7 Å². The number of halogens is 1. The molecule has 6 nitrogen and oxygen atoms in total. The quantitative estimate of drug-likeness (QED) is 0.303. The Balaban J connectivity index is 1.65. The largest absolute Gasteiger partial charge is 0.324 e. The van der Waals surface area contributed by atoms with Gasteiger partial charge in [-0.2, -0.15) is 0 Å². The monoisotopic (exact) mass is 518 g/mol. The molecule has 4 aromatic carbocycles. The van der Waals surface area contributed by atoms with E-state index >= 15 is 0 Å². The molecule has 0 saturated heterocycles. The molecule has 4 aromatic rings. The van der Waals surface area contributed by atoms with Crippen molar-refractivity contribution >= 4 is 44.7 Å². The zero-order valence-corrected chi connectivity index (χ0v) is 21.0. The van der Waals surface area contributed by atoms with Gasteiger partial charge in [0.25, 0.3) is 10.0 Å². The summed E-state index contributed by atoms with van der Waals surface area (Å²) in [6, 6.07) is 28.0. The summed E-state index contributed by atoms with van der Waals surface area (Å²) in [5, 5.41) is 3.03. The molecule has 4 rings (SSSR count). The van der Waals surface area contributed by atoms with Crippen LogP contribution in [0.5, 0.6) is 0 Å². The highest BCUT2D eigenvalue weighted by Crippen LogP contribution is 2.26. The highest BCUT2D eigenvalue weighted by Gasteiger charge is 2.27.